The van der Waals surface area contributed by atoms with Crippen molar-refractivity contribution in [2.45, 2.75) is 6.92 Å². The molecule has 1 fully saturated rings. The van der Waals surface area contributed by atoms with Crippen LogP contribution in [0.3, 0.4) is 0 Å². The molecule has 2 aromatic heterocycles. The number of nitro groups is 1. The van der Waals surface area contributed by atoms with Crippen LogP contribution in [0.5, 0.6) is 0 Å². The van der Waals surface area contributed by atoms with Gasteiger partial charge in [-0.3, -0.25) is 14.9 Å². The summed E-state index contributed by atoms with van der Waals surface area (Å²) < 4.78 is 0. The number of hydrogen-bond donors (Lipinski definition) is 1. The Morgan fingerprint density at radius 2 is 1.96 bits per heavy atom. The van der Waals surface area contributed by atoms with Gasteiger partial charge >= 0.3 is 5.69 Å². The van der Waals surface area contributed by atoms with Crippen molar-refractivity contribution in [2.75, 3.05) is 31.1 Å². The molecule has 138 valence electrons. The number of fused-ring (bicyclic) bond motifs is 1. The van der Waals surface area contributed by atoms with Crippen LogP contribution in [0.1, 0.15) is 15.9 Å². The topological polar surface area (TPSA) is 108 Å². The number of carbonyl (C=O) groups excluding carboxylic acids is 1. The first-order valence-corrected chi connectivity index (χ1v) is 8.61. The number of aryl methyl sites for hydroxylation is 1. The van der Waals surface area contributed by atoms with Crippen molar-refractivity contribution in [2.24, 2.45) is 0 Å². The highest BCUT2D eigenvalue weighted by molar-refractivity contribution is 5.97. The molecule has 0 unspecified atom stereocenters. The summed E-state index contributed by atoms with van der Waals surface area (Å²) in [6, 6.07) is 6.90. The highest BCUT2D eigenvalue weighted by atomic mass is 16.6. The fourth-order valence-corrected chi connectivity index (χ4v) is 3.30. The van der Waals surface area contributed by atoms with Gasteiger partial charge in [0.05, 0.1) is 22.3 Å². The predicted octanol–water partition coefficient (Wildman–Crippen LogP) is 2.14. The van der Waals surface area contributed by atoms with Gasteiger partial charge in [-0.25, -0.2) is 9.97 Å². The second-order valence-electron chi connectivity index (χ2n) is 6.53. The lowest BCUT2D eigenvalue weighted by atomic mass is 10.1. The van der Waals surface area contributed by atoms with Crippen molar-refractivity contribution in [3.63, 3.8) is 0 Å². The van der Waals surface area contributed by atoms with Crippen molar-refractivity contribution >= 4 is 28.4 Å². The number of aromatic nitrogens is 3. The summed E-state index contributed by atoms with van der Waals surface area (Å²) in [7, 11) is 0. The Bertz CT molecular complexity index is 1020. The van der Waals surface area contributed by atoms with Gasteiger partial charge in [0.15, 0.2) is 0 Å². The van der Waals surface area contributed by atoms with Gasteiger partial charge < -0.3 is 14.8 Å². The average Bonchev–Trinajstić information content (AvgIpc) is 3.15. The summed E-state index contributed by atoms with van der Waals surface area (Å²) in [4.78, 5) is 38.7. The van der Waals surface area contributed by atoms with E-state index in [2.05, 4.69) is 15.0 Å². The average molecular weight is 366 g/mol. The predicted molar refractivity (Wildman–Crippen MR) is 99.8 cm³/mol. The zero-order chi connectivity index (χ0) is 19.0. The minimum absolute atomic E-state index is 0.000488. The normalized spacial score (nSPS) is 14.6. The summed E-state index contributed by atoms with van der Waals surface area (Å²) in [6.07, 6.45) is 3.22. The Hall–Kier alpha value is -3.49. The number of nitrogens with zero attached hydrogens (tertiary/aromatic N) is 5. The molecule has 1 aliphatic rings. The van der Waals surface area contributed by atoms with Gasteiger partial charge in [-0.1, -0.05) is 0 Å². The van der Waals surface area contributed by atoms with E-state index in [0.29, 0.717) is 37.6 Å². The molecule has 3 aromatic rings. The van der Waals surface area contributed by atoms with E-state index >= 15 is 0 Å². The van der Waals surface area contributed by atoms with Gasteiger partial charge in [0.2, 0.25) is 5.82 Å². The molecular formula is C18H18N6O3. The maximum Gasteiger partial charge on any atom is 0.311 e. The Morgan fingerprint density at radius 3 is 2.70 bits per heavy atom. The fraction of sp³-hybridized carbons (Fsp3) is 0.278. The van der Waals surface area contributed by atoms with Crippen LogP contribution in [0.4, 0.5) is 11.5 Å². The number of H-pyrrole nitrogens is 1. The quantitative estimate of drug-likeness (QED) is 0.562. The molecule has 9 nitrogen and oxygen atoms in total. The van der Waals surface area contributed by atoms with Gasteiger partial charge in [0, 0.05) is 44.0 Å². The number of carbonyl (C=O) groups is 1. The van der Waals surface area contributed by atoms with Crippen molar-refractivity contribution in [1.29, 1.82) is 0 Å². The molecule has 1 aliphatic heterocycles. The van der Waals surface area contributed by atoms with Crippen LogP contribution in [-0.2, 0) is 0 Å². The van der Waals surface area contributed by atoms with E-state index < -0.39 is 4.92 Å². The van der Waals surface area contributed by atoms with E-state index in [1.165, 1.54) is 6.07 Å². The minimum Gasteiger partial charge on any atom is -0.347 e. The molecule has 27 heavy (non-hydrogen) atoms. The first kappa shape index (κ1) is 17.0. The minimum atomic E-state index is -0.410. The number of rotatable bonds is 3. The summed E-state index contributed by atoms with van der Waals surface area (Å²) in [5.41, 5.74) is 2.97. The highest BCUT2D eigenvalue weighted by Gasteiger charge is 2.27. The third-order valence-electron chi connectivity index (χ3n) is 4.71. The Kier molecular flexibility index (Phi) is 4.19. The number of benzene rings is 1. The van der Waals surface area contributed by atoms with Gasteiger partial charge in [-0.2, -0.15) is 0 Å². The molecule has 3 heterocycles. The van der Waals surface area contributed by atoms with Crippen LogP contribution in [0.2, 0.25) is 0 Å². The molecule has 0 spiro atoms. The van der Waals surface area contributed by atoms with E-state index in [-0.39, 0.29) is 11.6 Å². The number of amides is 1. The first-order valence-electron chi connectivity index (χ1n) is 8.61. The lowest BCUT2D eigenvalue weighted by Crippen LogP contribution is -2.49. The van der Waals surface area contributed by atoms with Crippen LogP contribution >= 0.6 is 0 Å². The van der Waals surface area contributed by atoms with Crippen molar-refractivity contribution in [3.05, 3.63) is 58.0 Å². The lowest BCUT2D eigenvalue weighted by Gasteiger charge is -2.35. The van der Waals surface area contributed by atoms with E-state index in [0.717, 1.165) is 16.6 Å². The molecule has 1 saturated heterocycles. The Balaban J connectivity index is 1.49. The lowest BCUT2D eigenvalue weighted by molar-refractivity contribution is -0.384. The maximum atomic E-state index is 12.8. The van der Waals surface area contributed by atoms with E-state index in [1.54, 1.807) is 36.5 Å². The molecule has 0 bridgehead atoms. The third-order valence-corrected chi connectivity index (χ3v) is 4.71. The molecule has 1 N–H and O–H groups in total. The van der Waals surface area contributed by atoms with Crippen LogP contribution in [0.25, 0.3) is 11.0 Å². The number of anilines is 1. The van der Waals surface area contributed by atoms with Crippen LogP contribution in [0, 0.1) is 17.0 Å². The monoisotopic (exact) mass is 366 g/mol. The SMILES string of the molecule is Cc1cnc(N2CCN(C(=O)c3ccc4nc[nH]c4c3)CC2)c([N+](=O)[O-])c1. The van der Waals surface area contributed by atoms with Crippen molar-refractivity contribution < 1.29 is 9.72 Å². The highest BCUT2D eigenvalue weighted by Crippen LogP contribution is 2.27. The van der Waals surface area contributed by atoms with E-state index in [4.69, 9.17) is 0 Å². The standard InChI is InChI=1S/C18H18N6O3/c1-12-8-16(24(26)27)17(19-10-12)22-4-6-23(7-5-22)18(25)13-2-3-14-15(9-13)21-11-20-14/h2-3,8-11H,4-7H2,1H3,(H,20,21). The maximum absolute atomic E-state index is 12.8. The summed E-state index contributed by atoms with van der Waals surface area (Å²) in [5.74, 6) is 0.300. The Labute approximate surface area is 154 Å². The number of hydrogen-bond acceptors (Lipinski definition) is 6. The van der Waals surface area contributed by atoms with Gasteiger partial charge in [0.1, 0.15) is 0 Å². The molecule has 1 amide bonds. The molecule has 4 rings (SSSR count). The zero-order valence-corrected chi connectivity index (χ0v) is 14.8. The number of pyridine rings is 1. The summed E-state index contributed by atoms with van der Waals surface area (Å²) in [6.45, 7) is 3.72. The van der Waals surface area contributed by atoms with Crippen LogP contribution < -0.4 is 4.90 Å². The number of piperazine rings is 1. The second kappa shape index (κ2) is 6.67. The molecular weight excluding hydrogens is 348 g/mol. The summed E-state index contributed by atoms with van der Waals surface area (Å²) in [5, 5.41) is 11.3. The molecule has 0 atom stereocenters. The molecule has 0 saturated carbocycles. The van der Waals surface area contributed by atoms with Crippen molar-refractivity contribution in [1.82, 2.24) is 19.9 Å². The molecule has 0 aliphatic carbocycles. The van der Waals surface area contributed by atoms with Gasteiger partial charge in [-0.05, 0) is 30.7 Å². The smallest absolute Gasteiger partial charge is 0.311 e. The molecule has 9 heteroatoms. The largest absolute Gasteiger partial charge is 0.347 e. The second-order valence-corrected chi connectivity index (χ2v) is 6.53. The van der Waals surface area contributed by atoms with E-state index in [9.17, 15) is 14.9 Å². The van der Waals surface area contributed by atoms with E-state index in [1.807, 2.05) is 11.0 Å². The number of imidazole rings is 1. The Morgan fingerprint density at radius 1 is 1.19 bits per heavy atom. The summed E-state index contributed by atoms with van der Waals surface area (Å²) >= 11 is 0. The van der Waals surface area contributed by atoms with Crippen molar-refractivity contribution in [3.8, 4) is 0 Å². The van der Waals surface area contributed by atoms with Gasteiger partial charge in [-0.15, -0.1) is 0 Å². The molecule has 1 aromatic carbocycles. The first-order chi connectivity index (χ1) is 13.0. The fourth-order valence-electron chi connectivity index (χ4n) is 3.30. The van der Waals surface area contributed by atoms with Crippen LogP contribution in [-0.4, -0.2) is 56.9 Å². The van der Waals surface area contributed by atoms with Crippen LogP contribution in [0.15, 0.2) is 36.8 Å². The number of aromatic amines is 1. The molecule has 0 radical (unpaired) electrons. The number of nitrogens with one attached hydrogen (secondary N) is 1. The van der Waals surface area contributed by atoms with Gasteiger partial charge in [0.25, 0.3) is 5.91 Å². The zero-order valence-electron chi connectivity index (χ0n) is 14.8. The third kappa shape index (κ3) is 3.19.